The molecule has 186 valence electrons. The summed E-state index contributed by atoms with van der Waals surface area (Å²) in [5.41, 5.74) is 0.136. The molecule has 1 unspecified atom stereocenters. The molecule has 14 heteroatoms. The van der Waals surface area contributed by atoms with E-state index in [1.165, 1.54) is 35.3 Å². The highest BCUT2D eigenvalue weighted by Crippen LogP contribution is 2.29. The van der Waals surface area contributed by atoms with E-state index in [2.05, 4.69) is 31.5 Å². The first-order valence-electron chi connectivity index (χ1n) is 9.98. The molecule has 9 nitrogen and oxygen atoms in total. The van der Waals surface area contributed by atoms with Crippen LogP contribution in [0, 0.1) is 0 Å². The quantitative estimate of drug-likeness (QED) is 0.429. The predicted octanol–water partition coefficient (Wildman–Crippen LogP) is 3.54. The zero-order valence-electron chi connectivity index (χ0n) is 17.9. The first kappa shape index (κ1) is 26.4. The lowest BCUT2D eigenvalue weighted by Crippen LogP contribution is -2.53. The van der Waals surface area contributed by atoms with Crippen molar-refractivity contribution in [1.82, 2.24) is 25.3 Å². The number of halogens is 5. The van der Waals surface area contributed by atoms with Gasteiger partial charge in [-0.15, -0.1) is 0 Å². The summed E-state index contributed by atoms with van der Waals surface area (Å²) in [5.74, 6) is -2.69. The molecule has 0 aliphatic carbocycles. The second-order valence-corrected chi connectivity index (χ2v) is 8.05. The predicted molar refractivity (Wildman–Crippen MR) is 119 cm³/mol. The van der Waals surface area contributed by atoms with Gasteiger partial charge in [0, 0.05) is 41.0 Å². The first-order chi connectivity index (χ1) is 16.5. The molecule has 1 aliphatic rings. The highest BCUT2D eigenvalue weighted by atomic mass is 35.5. The zero-order valence-corrected chi connectivity index (χ0v) is 19.4. The summed E-state index contributed by atoms with van der Waals surface area (Å²) >= 11 is 11.6. The van der Waals surface area contributed by atoms with Crippen molar-refractivity contribution in [1.29, 1.82) is 0 Å². The smallest absolute Gasteiger partial charge is 0.377 e. The first-order valence-corrected chi connectivity index (χ1v) is 10.7. The molecular formula is C21H18Cl2F3N5O4. The van der Waals surface area contributed by atoms with Gasteiger partial charge < -0.3 is 19.5 Å². The van der Waals surface area contributed by atoms with E-state index in [4.69, 9.17) is 27.9 Å². The van der Waals surface area contributed by atoms with Crippen LogP contribution < -0.4 is 5.32 Å². The van der Waals surface area contributed by atoms with Crippen molar-refractivity contribution in [2.45, 2.75) is 12.2 Å². The number of hydrogen-bond acceptors (Lipinski definition) is 7. The Hall–Kier alpha value is -3.22. The van der Waals surface area contributed by atoms with Gasteiger partial charge in [-0.2, -0.15) is 18.2 Å². The second kappa shape index (κ2) is 11.5. The summed E-state index contributed by atoms with van der Waals surface area (Å²) in [5, 5.41) is 6.36. The average Bonchev–Trinajstić information content (AvgIpc) is 3.32. The number of nitrogens with one attached hydrogen (secondary N) is 1. The molecule has 0 saturated carbocycles. The maximum Gasteiger partial charge on any atom is 0.471 e. The minimum absolute atomic E-state index is 0.000938. The normalized spacial score (nSPS) is 17.0. The Bertz CT molecular complexity index is 1150. The number of pyridine rings is 1. The number of hydrogen-bond donors (Lipinski definition) is 1. The fourth-order valence-electron chi connectivity index (χ4n) is 2.98. The van der Waals surface area contributed by atoms with Crippen LogP contribution in [-0.4, -0.2) is 64.2 Å². The summed E-state index contributed by atoms with van der Waals surface area (Å²) in [6.45, 7) is 4.40. The Morgan fingerprint density at radius 1 is 1.29 bits per heavy atom. The van der Waals surface area contributed by atoms with Gasteiger partial charge in [0.1, 0.15) is 5.69 Å². The minimum atomic E-state index is -4.77. The minimum Gasteiger partial charge on any atom is -0.377 e. The van der Waals surface area contributed by atoms with Crippen LogP contribution in [0.4, 0.5) is 13.2 Å². The van der Waals surface area contributed by atoms with Crippen molar-refractivity contribution in [3.63, 3.8) is 0 Å². The van der Waals surface area contributed by atoms with Gasteiger partial charge in [0.2, 0.25) is 11.7 Å². The number of morpholine rings is 1. The van der Waals surface area contributed by atoms with E-state index in [1.54, 1.807) is 0 Å². The van der Waals surface area contributed by atoms with Gasteiger partial charge in [-0.25, -0.2) is 0 Å². The highest BCUT2D eigenvalue weighted by Gasteiger charge is 2.38. The summed E-state index contributed by atoms with van der Waals surface area (Å²) in [4.78, 5) is 33.8. The molecule has 35 heavy (non-hydrogen) atoms. The Morgan fingerprint density at radius 3 is 2.69 bits per heavy atom. The highest BCUT2D eigenvalue weighted by molar-refractivity contribution is 6.35. The molecule has 3 rings (SSSR count). The SMILES string of the molecule is C=C(Cl)/C=C(Cl)\C=C\C(=O)N1CCOCC1CNC(=O)c1ccc(-c2noc(C(F)(F)F)n2)cn1. The van der Waals surface area contributed by atoms with Gasteiger partial charge in [0.15, 0.2) is 0 Å². The van der Waals surface area contributed by atoms with Crippen LogP contribution in [0.25, 0.3) is 11.4 Å². The van der Waals surface area contributed by atoms with E-state index < -0.39 is 24.0 Å². The van der Waals surface area contributed by atoms with Gasteiger partial charge in [-0.05, 0) is 24.3 Å². The topological polar surface area (TPSA) is 110 Å². The fourth-order valence-corrected chi connectivity index (χ4v) is 3.34. The molecule has 0 aromatic carbocycles. The number of alkyl halides is 3. The average molecular weight is 532 g/mol. The molecule has 1 saturated heterocycles. The van der Waals surface area contributed by atoms with Crippen LogP contribution in [0.2, 0.25) is 0 Å². The fraction of sp³-hybridized carbons (Fsp3) is 0.286. The molecule has 1 atom stereocenters. The molecule has 2 amide bonds. The van der Waals surface area contributed by atoms with Gasteiger partial charge in [0.05, 0.1) is 19.3 Å². The molecule has 3 heterocycles. The van der Waals surface area contributed by atoms with Gasteiger partial charge >= 0.3 is 12.1 Å². The number of carbonyl (C=O) groups is 2. The van der Waals surface area contributed by atoms with Crippen LogP contribution in [-0.2, 0) is 15.7 Å². The number of allylic oxidation sites excluding steroid dienone is 4. The Balaban J connectivity index is 1.60. The lowest BCUT2D eigenvalue weighted by molar-refractivity contribution is -0.159. The number of rotatable bonds is 7. The van der Waals surface area contributed by atoms with E-state index >= 15 is 0 Å². The molecule has 0 radical (unpaired) electrons. The third-order valence-electron chi connectivity index (χ3n) is 4.61. The van der Waals surface area contributed by atoms with Crippen molar-refractivity contribution in [2.24, 2.45) is 0 Å². The van der Waals surface area contributed by atoms with Gasteiger partial charge in [-0.1, -0.05) is 34.9 Å². The number of aromatic nitrogens is 3. The van der Waals surface area contributed by atoms with Crippen molar-refractivity contribution in [2.75, 3.05) is 26.3 Å². The molecule has 2 aromatic rings. The lowest BCUT2D eigenvalue weighted by Gasteiger charge is -2.35. The molecule has 2 aromatic heterocycles. The Labute approximate surface area is 207 Å². The van der Waals surface area contributed by atoms with Crippen LogP contribution in [0.5, 0.6) is 0 Å². The van der Waals surface area contributed by atoms with Gasteiger partial charge in [-0.3, -0.25) is 14.6 Å². The van der Waals surface area contributed by atoms with Crippen molar-refractivity contribution >= 4 is 35.0 Å². The molecule has 0 spiro atoms. The maximum absolute atomic E-state index is 12.6. The Morgan fingerprint density at radius 2 is 2.06 bits per heavy atom. The molecule has 1 aliphatic heterocycles. The molecule has 0 bridgehead atoms. The lowest BCUT2D eigenvalue weighted by atomic mass is 10.2. The zero-order chi connectivity index (χ0) is 25.6. The summed E-state index contributed by atoms with van der Waals surface area (Å²) in [6, 6.07) is 2.19. The van der Waals surface area contributed by atoms with Crippen molar-refractivity contribution < 1.29 is 32.0 Å². The summed E-state index contributed by atoms with van der Waals surface area (Å²) in [6.07, 6.45) is 0.429. The van der Waals surface area contributed by atoms with Crippen LogP contribution in [0.1, 0.15) is 16.4 Å². The number of ether oxygens (including phenoxy) is 1. The largest absolute Gasteiger partial charge is 0.471 e. The van der Waals surface area contributed by atoms with Crippen molar-refractivity contribution in [3.05, 3.63) is 64.8 Å². The van der Waals surface area contributed by atoms with Gasteiger partial charge in [0.25, 0.3) is 5.91 Å². The maximum atomic E-state index is 12.6. The third-order valence-corrected chi connectivity index (χ3v) is 4.96. The third kappa shape index (κ3) is 7.38. The second-order valence-electron chi connectivity index (χ2n) is 7.13. The Kier molecular flexibility index (Phi) is 8.65. The van der Waals surface area contributed by atoms with Crippen LogP contribution in [0.15, 0.2) is 57.7 Å². The summed E-state index contributed by atoms with van der Waals surface area (Å²) < 4.78 is 47.4. The number of nitrogens with zero attached hydrogens (tertiary/aromatic N) is 4. The molecular weight excluding hydrogens is 514 g/mol. The number of amides is 2. The van der Waals surface area contributed by atoms with Crippen LogP contribution >= 0.6 is 23.2 Å². The summed E-state index contributed by atoms with van der Waals surface area (Å²) in [7, 11) is 0. The van der Waals surface area contributed by atoms with E-state index in [0.29, 0.717) is 13.2 Å². The van der Waals surface area contributed by atoms with E-state index in [0.717, 1.165) is 6.20 Å². The van der Waals surface area contributed by atoms with E-state index in [1.807, 2.05) is 0 Å². The number of carbonyl (C=O) groups excluding carboxylic acids is 2. The van der Waals surface area contributed by atoms with Crippen LogP contribution in [0.3, 0.4) is 0 Å². The molecule has 1 fully saturated rings. The van der Waals surface area contributed by atoms with E-state index in [9.17, 15) is 22.8 Å². The standard InChI is InChI=1S/C21H18Cl2F3N5O4/c1-12(22)8-14(23)3-5-17(32)31-6-7-34-11-15(31)10-28-19(33)16-4-2-13(9-27-16)18-29-20(35-30-18)21(24,25)26/h2-5,8-9,15H,1,6-7,10-11H2,(H,28,33)/b5-3+,14-8+. The molecule has 1 N–H and O–H groups in total. The van der Waals surface area contributed by atoms with E-state index in [-0.39, 0.29) is 46.2 Å². The monoisotopic (exact) mass is 531 g/mol. The van der Waals surface area contributed by atoms with Crippen molar-refractivity contribution in [3.8, 4) is 11.4 Å².